The highest BCUT2D eigenvalue weighted by molar-refractivity contribution is 5.87. The van der Waals surface area contributed by atoms with Crippen LogP contribution in [-0.2, 0) is 9.59 Å². The highest BCUT2D eigenvalue weighted by atomic mass is 16.2. The molecule has 0 spiro atoms. The largest absolute Gasteiger partial charge is 0.354 e. The van der Waals surface area contributed by atoms with Crippen LogP contribution in [0.4, 0.5) is 0 Å². The van der Waals surface area contributed by atoms with Crippen LogP contribution in [0.25, 0.3) is 0 Å². The highest BCUT2D eigenvalue weighted by Crippen LogP contribution is 2.18. The second-order valence-electron chi connectivity index (χ2n) is 5.01. The van der Waals surface area contributed by atoms with Crippen LogP contribution in [0.5, 0.6) is 0 Å². The summed E-state index contributed by atoms with van der Waals surface area (Å²) in [5, 5.41) is 2.88. The quantitative estimate of drug-likeness (QED) is 0.756. The summed E-state index contributed by atoms with van der Waals surface area (Å²) in [6.45, 7) is 5.04. The first-order chi connectivity index (χ1) is 8.56. The summed E-state index contributed by atoms with van der Waals surface area (Å²) in [5.74, 6) is 0.0409. The van der Waals surface area contributed by atoms with Gasteiger partial charge in [-0.15, -0.1) is 0 Å². The maximum Gasteiger partial charge on any atom is 0.242 e. The minimum atomic E-state index is -0.278. The molecule has 0 saturated carbocycles. The topological polar surface area (TPSA) is 75.4 Å². The molecule has 1 aliphatic rings. The summed E-state index contributed by atoms with van der Waals surface area (Å²) in [6, 6.07) is -0.190. The molecular weight excluding hydrogens is 230 g/mol. The van der Waals surface area contributed by atoms with E-state index in [2.05, 4.69) is 5.32 Å². The molecule has 104 valence electrons. The van der Waals surface area contributed by atoms with E-state index in [9.17, 15) is 9.59 Å². The number of hydrogen-bond acceptors (Lipinski definition) is 3. The van der Waals surface area contributed by atoms with E-state index in [0.29, 0.717) is 19.5 Å². The van der Waals surface area contributed by atoms with Gasteiger partial charge in [0.1, 0.15) is 6.04 Å². The molecule has 1 fully saturated rings. The highest BCUT2D eigenvalue weighted by Gasteiger charge is 2.30. The van der Waals surface area contributed by atoms with Crippen LogP contribution in [0, 0.1) is 0 Å². The molecule has 18 heavy (non-hydrogen) atoms. The molecule has 1 heterocycles. The van der Waals surface area contributed by atoms with Gasteiger partial charge < -0.3 is 16.0 Å². The van der Waals surface area contributed by atoms with E-state index in [1.54, 1.807) is 4.90 Å². The van der Waals surface area contributed by atoms with Crippen molar-refractivity contribution in [1.82, 2.24) is 10.2 Å². The van der Waals surface area contributed by atoms with Crippen molar-refractivity contribution in [3.05, 3.63) is 0 Å². The van der Waals surface area contributed by atoms with E-state index in [4.69, 9.17) is 5.73 Å². The number of carbonyl (C=O) groups excluding carboxylic acids is 2. The fraction of sp³-hybridized carbons (Fsp3) is 0.846. The van der Waals surface area contributed by atoms with Crippen molar-refractivity contribution >= 4 is 11.8 Å². The summed E-state index contributed by atoms with van der Waals surface area (Å²) in [7, 11) is 0. The van der Waals surface area contributed by atoms with Crippen molar-refractivity contribution in [2.45, 2.75) is 58.0 Å². The van der Waals surface area contributed by atoms with Crippen LogP contribution in [0.15, 0.2) is 0 Å². The first kappa shape index (κ1) is 15.0. The van der Waals surface area contributed by atoms with Crippen LogP contribution in [-0.4, -0.2) is 41.9 Å². The van der Waals surface area contributed by atoms with E-state index >= 15 is 0 Å². The molecule has 0 aliphatic carbocycles. The predicted octanol–water partition coefficient (Wildman–Crippen LogP) is 0.631. The maximum absolute atomic E-state index is 12.1. The second-order valence-corrected chi connectivity index (χ2v) is 5.01. The molecule has 3 N–H and O–H groups in total. The summed E-state index contributed by atoms with van der Waals surface area (Å²) in [5.41, 5.74) is 5.64. The molecule has 2 atom stereocenters. The van der Waals surface area contributed by atoms with Crippen molar-refractivity contribution in [1.29, 1.82) is 0 Å². The zero-order valence-electron chi connectivity index (χ0n) is 11.4. The number of amides is 2. The van der Waals surface area contributed by atoms with Crippen molar-refractivity contribution < 1.29 is 9.59 Å². The summed E-state index contributed by atoms with van der Waals surface area (Å²) in [6.07, 6.45) is 4.01. The smallest absolute Gasteiger partial charge is 0.242 e. The number of nitrogens with one attached hydrogen (secondary N) is 1. The Kier molecular flexibility index (Phi) is 6.12. The van der Waals surface area contributed by atoms with E-state index in [-0.39, 0.29) is 23.9 Å². The zero-order valence-corrected chi connectivity index (χ0v) is 11.4. The van der Waals surface area contributed by atoms with Gasteiger partial charge in [0.2, 0.25) is 11.8 Å². The molecule has 0 aromatic rings. The standard InChI is InChI=1S/C13H25N3O2/c1-3-12(17)16-9-5-4-6-11(16)13(18)15-8-7-10(2)14/h10-11H,3-9,14H2,1-2H3,(H,15,18). The van der Waals surface area contributed by atoms with Gasteiger partial charge in [0.25, 0.3) is 0 Å². The molecule has 0 bridgehead atoms. The summed E-state index contributed by atoms with van der Waals surface area (Å²) in [4.78, 5) is 25.6. The lowest BCUT2D eigenvalue weighted by Gasteiger charge is -2.34. The van der Waals surface area contributed by atoms with Crippen molar-refractivity contribution in [2.75, 3.05) is 13.1 Å². The molecule has 2 unspecified atom stereocenters. The number of rotatable bonds is 5. The SMILES string of the molecule is CCC(=O)N1CCCCC1C(=O)NCCC(C)N. The monoisotopic (exact) mass is 255 g/mol. The number of carbonyl (C=O) groups is 2. The number of piperidine rings is 1. The Labute approximate surface area is 109 Å². The van der Waals surface area contributed by atoms with Gasteiger partial charge in [-0.2, -0.15) is 0 Å². The fourth-order valence-corrected chi connectivity index (χ4v) is 2.25. The Morgan fingerprint density at radius 1 is 1.44 bits per heavy atom. The third kappa shape index (κ3) is 4.29. The van der Waals surface area contributed by atoms with Gasteiger partial charge in [0.05, 0.1) is 0 Å². The molecule has 2 amide bonds. The van der Waals surface area contributed by atoms with Crippen molar-refractivity contribution in [3.63, 3.8) is 0 Å². The molecule has 0 aromatic heterocycles. The van der Waals surface area contributed by atoms with Crippen molar-refractivity contribution in [3.8, 4) is 0 Å². The normalized spacial score (nSPS) is 21.5. The molecular formula is C13H25N3O2. The van der Waals surface area contributed by atoms with Gasteiger partial charge in [-0.1, -0.05) is 6.92 Å². The Bertz CT molecular complexity index is 292. The average Bonchev–Trinajstić information content (AvgIpc) is 2.37. The molecule has 5 heteroatoms. The minimum Gasteiger partial charge on any atom is -0.354 e. The first-order valence-corrected chi connectivity index (χ1v) is 6.89. The van der Waals surface area contributed by atoms with Crippen molar-refractivity contribution in [2.24, 2.45) is 5.73 Å². The van der Waals surface area contributed by atoms with Gasteiger partial charge in [0.15, 0.2) is 0 Å². The van der Waals surface area contributed by atoms with Gasteiger partial charge >= 0.3 is 0 Å². The molecule has 5 nitrogen and oxygen atoms in total. The maximum atomic E-state index is 12.1. The first-order valence-electron chi connectivity index (χ1n) is 6.89. The van der Waals surface area contributed by atoms with Gasteiger partial charge in [-0.25, -0.2) is 0 Å². The number of nitrogens with two attached hydrogens (primary N) is 1. The van der Waals surface area contributed by atoms with Crippen LogP contribution in [0.2, 0.25) is 0 Å². The molecule has 0 radical (unpaired) electrons. The third-order valence-corrected chi connectivity index (χ3v) is 3.33. The lowest BCUT2D eigenvalue weighted by atomic mass is 10.0. The van der Waals surface area contributed by atoms with Gasteiger partial charge in [0, 0.05) is 25.6 Å². The lowest BCUT2D eigenvalue weighted by molar-refractivity contribution is -0.142. The van der Waals surface area contributed by atoms with E-state index in [1.165, 1.54) is 0 Å². The van der Waals surface area contributed by atoms with Gasteiger partial charge in [-0.05, 0) is 32.6 Å². The fourth-order valence-electron chi connectivity index (χ4n) is 2.25. The Morgan fingerprint density at radius 2 is 2.17 bits per heavy atom. The number of hydrogen-bond donors (Lipinski definition) is 2. The predicted molar refractivity (Wildman–Crippen MR) is 70.9 cm³/mol. The molecule has 0 aromatic carbocycles. The molecule has 1 rings (SSSR count). The Balaban J connectivity index is 2.49. The zero-order chi connectivity index (χ0) is 13.5. The van der Waals surface area contributed by atoms with Crippen LogP contribution in [0.1, 0.15) is 46.0 Å². The second kappa shape index (κ2) is 7.36. The summed E-state index contributed by atoms with van der Waals surface area (Å²) < 4.78 is 0. The summed E-state index contributed by atoms with van der Waals surface area (Å²) >= 11 is 0. The van der Waals surface area contributed by atoms with Crippen LogP contribution in [0.3, 0.4) is 0 Å². The molecule has 1 saturated heterocycles. The van der Waals surface area contributed by atoms with E-state index in [1.807, 2.05) is 13.8 Å². The van der Waals surface area contributed by atoms with E-state index < -0.39 is 0 Å². The van der Waals surface area contributed by atoms with E-state index in [0.717, 1.165) is 25.7 Å². The number of nitrogens with zero attached hydrogens (tertiary/aromatic N) is 1. The minimum absolute atomic E-state index is 0.0304. The molecule has 1 aliphatic heterocycles. The van der Waals surface area contributed by atoms with Gasteiger partial charge in [-0.3, -0.25) is 9.59 Å². The Morgan fingerprint density at radius 3 is 2.78 bits per heavy atom. The third-order valence-electron chi connectivity index (χ3n) is 3.33. The van der Waals surface area contributed by atoms with Crippen LogP contribution >= 0.6 is 0 Å². The lowest BCUT2D eigenvalue weighted by Crippen LogP contribution is -2.52. The van der Waals surface area contributed by atoms with Crippen LogP contribution < -0.4 is 11.1 Å². The average molecular weight is 255 g/mol. The Hall–Kier alpha value is -1.10. The number of likely N-dealkylation sites (tertiary alicyclic amines) is 1.